The third-order valence-electron chi connectivity index (χ3n) is 4.25. The molecule has 0 saturated carbocycles. The van der Waals surface area contributed by atoms with E-state index in [1.54, 1.807) is 18.2 Å². The summed E-state index contributed by atoms with van der Waals surface area (Å²) in [5.74, 6) is -0.342. The quantitative estimate of drug-likeness (QED) is 0.770. The lowest BCUT2D eigenvalue weighted by atomic mass is 10.1. The number of sulfonamides is 1. The minimum atomic E-state index is -3.68. The number of benzene rings is 1. The molecule has 0 atom stereocenters. The highest BCUT2D eigenvalue weighted by Gasteiger charge is 2.31. The Labute approximate surface area is 156 Å². The second kappa shape index (κ2) is 7.78. The smallest absolute Gasteiger partial charge is 0.272 e. The number of nitrogens with zero attached hydrogens (tertiary/aromatic N) is 4. The number of carbonyl (C=O) groups excluding carboxylic acids is 1. The van der Waals surface area contributed by atoms with Crippen molar-refractivity contribution in [3.63, 3.8) is 0 Å². The van der Waals surface area contributed by atoms with Crippen molar-refractivity contribution < 1.29 is 13.2 Å². The first kappa shape index (κ1) is 18.9. The van der Waals surface area contributed by atoms with Crippen LogP contribution in [0.1, 0.15) is 22.8 Å². The number of nitrogens with one attached hydrogen (secondary N) is 1. The van der Waals surface area contributed by atoms with Gasteiger partial charge in [-0.3, -0.25) is 10.1 Å². The van der Waals surface area contributed by atoms with Crippen molar-refractivity contribution in [1.29, 1.82) is 0 Å². The molecule has 8 nitrogen and oxygen atoms in total. The van der Waals surface area contributed by atoms with Crippen LogP contribution in [0.3, 0.4) is 0 Å². The van der Waals surface area contributed by atoms with E-state index in [0.29, 0.717) is 31.7 Å². The molecule has 1 amide bonds. The predicted molar refractivity (Wildman–Crippen MR) is 99.9 cm³/mol. The Balaban J connectivity index is 1.70. The van der Waals surface area contributed by atoms with Gasteiger partial charge in [0, 0.05) is 31.7 Å². The summed E-state index contributed by atoms with van der Waals surface area (Å²) in [5, 5.41) is 10.4. The molecule has 1 N–H and O–H groups in total. The third-order valence-corrected chi connectivity index (χ3v) is 7.33. The monoisotopic (exact) mass is 395 g/mol. The van der Waals surface area contributed by atoms with Crippen LogP contribution in [0.2, 0.25) is 0 Å². The molecular formula is C16H21N5O3S2. The molecule has 1 aliphatic heterocycles. The van der Waals surface area contributed by atoms with Crippen molar-refractivity contribution in [2.24, 2.45) is 0 Å². The van der Waals surface area contributed by atoms with Crippen molar-refractivity contribution in [1.82, 2.24) is 19.4 Å². The van der Waals surface area contributed by atoms with Crippen molar-refractivity contribution >= 4 is 32.4 Å². The maximum atomic E-state index is 12.7. The molecular weight excluding hydrogens is 374 g/mol. The zero-order valence-corrected chi connectivity index (χ0v) is 16.3. The second-order valence-electron chi connectivity index (χ2n) is 6.04. The molecule has 0 radical (unpaired) electrons. The first-order valence-corrected chi connectivity index (χ1v) is 10.6. The molecule has 1 fully saturated rings. The molecule has 1 aromatic carbocycles. The van der Waals surface area contributed by atoms with E-state index in [4.69, 9.17) is 0 Å². The van der Waals surface area contributed by atoms with Crippen LogP contribution in [0.4, 0.5) is 5.13 Å². The number of carbonyl (C=O) groups is 1. The summed E-state index contributed by atoms with van der Waals surface area (Å²) in [6, 6.07) is 7.12. The van der Waals surface area contributed by atoms with Gasteiger partial charge in [-0.1, -0.05) is 36.0 Å². The molecule has 1 saturated heterocycles. The molecule has 2 heterocycles. The van der Waals surface area contributed by atoms with Gasteiger partial charge >= 0.3 is 0 Å². The van der Waals surface area contributed by atoms with Gasteiger partial charge in [0.15, 0.2) is 0 Å². The van der Waals surface area contributed by atoms with Crippen LogP contribution in [0.15, 0.2) is 28.6 Å². The molecule has 1 aliphatic rings. The lowest BCUT2D eigenvalue weighted by molar-refractivity contribution is 0.102. The van der Waals surface area contributed by atoms with Gasteiger partial charge < -0.3 is 4.90 Å². The van der Waals surface area contributed by atoms with E-state index in [9.17, 15) is 13.2 Å². The largest absolute Gasteiger partial charge is 0.301 e. The number of hydrogen-bond acceptors (Lipinski definition) is 7. The Hall–Kier alpha value is -1.88. The minimum Gasteiger partial charge on any atom is -0.301 e. The van der Waals surface area contributed by atoms with Crippen molar-refractivity contribution in [3.05, 3.63) is 35.4 Å². The molecule has 0 spiro atoms. The molecule has 0 aliphatic carbocycles. The minimum absolute atomic E-state index is 0.0954. The van der Waals surface area contributed by atoms with Crippen LogP contribution in [-0.2, 0) is 10.0 Å². The maximum absolute atomic E-state index is 12.7. The van der Waals surface area contributed by atoms with Gasteiger partial charge in [0.2, 0.25) is 9.47 Å². The predicted octanol–water partition coefficient (Wildman–Crippen LogP) is 1.43. The van der Waals surface area contributed by atoms with Gasteiger partial charge in [-0.15, -0.1) is 10.2 Å². The first-order valence-electron chi connectivity index (χ1n) is 8.34. The molecule has 10 heteroatoms. The van der Waals surface area contributed by atoms with Crippen LogP contribution in [0, 0.1) is 6.92 Å². The fourth-order valence-electron chi connectivity index (χ4n) is 2.72. The summed E-state index contributed by atoms with van der Waals surface area (Å²) in [6.07, 6.45) is 0. The van der Waals surface area contributed by atoms with E-state index in [-0.39, 0.29) is 15.4 Å². The Bertz CT molecular complexity index is 889. The summed E-state index contributed by atoms with van der Waals surface area (Å²) < 4.78 is 26.7. The number of anilines is 1. The Morgan fingerprint density at radius 2 is 1.96 bits per heavy atom. The Morgan fingerprint density at radius 3 is 2.62 bits per heavy atom. The van der Waals surface area contributed by atoms with Crippen LogP contribution in [0.25, 0.3) is 0 Å². The molecule has 26 heavy (non-hydrogen) atoms. The Morgan fingerprint density at radius 1 is 1.23 bits per heavy atom. The van der Waals surface area contributed by atoms with E-state index in [1.807, 2.05) is 13.0 Å². The summed E-state index contributed by atoms with van der Waals surface area (Å²) >= 11 is 0.870. The number of aryl methyl sites for hydroxylation is 1. The average Bonchev–Trinajstić information content (AvgIpc) is 3.11. The summed E-state index contributed by atoms with van der Waals surface area (Å²) in [4.78, 5) is 14.5. The van der Waals surface area contributed by atoms with E-state index < -0.39 is 10.0 Å². The van der Waals surface area contributed by atoms with Gasteiger partial charge in [-0.2, -0.15) is 4.31 Å². The van der Waals surface area contributed by atoms with E-state index in [0.717, 1.165) is 23.4 Å². The number of likely N-dealkylation sites (N-methyl/N-ethyl adjacent to an activating group) is 1. The fourth-order valence-corrected chi connectivity index (χ4v) is 5.17. The van der Waals surface area contributed by atoms with Gasteiger partial charge in [0.25, 0.3) is 15.9 Å². The highest BCUT2D eigenvalue weighted by Crippen LogP contribution is 2.24. The zero-order valence-electron chi connectivity index (χ0n) is 14.7. The van der Waals surface area contributed by atoms with Crippen molar-refractivity contribution in [2.75, 3.05) is 38.0 Å². The SMILES string of the molecule is CCN1CCN(S(=O)(=O)c2nnc(NC(=O)c3cccc(C)c3)s2)CC1. The maximum Gasteiger partial charge on any atom is 0.272 e. The van der Waals surface area contributed by atoms with E-state index >= 15 is 0 Å². The van der Waals surface area contributed by atoms with Gasteiger partial charge in [0.1, 0.15) is 0 Å². The Kier molecular flexibility index (Phi) is 5.66. The zero-order chi connectivity index (χ0) is 18.7. The summed E-state index contributed by atoms with van der Waals surface area (Å²) in [7, 11) is -3.68. The third kappa shape index (κ3) is 4.09. The molecule has 1 aromatic heterocycles. The highest BCUT2D eigenvalue weighted by atomic mass is 32.2. The van der Waals surface area contributed by atoms with E-state index in [2.05, 4.69) is 27.3 Å². The second-order valence-corrected chi connectivity index (χ2v) is 9.12. The number of amides is 1. The normalized spacial score (nSPS) is 16.5. The van der Waals surface area contributed by atoms with Crippen LogP contribution >= 0.6 is 11.3 Å². The average molecular weight is 396 g/mol. The van der Waals surface area contributed by atoms with Gasteiger partial charge in [-0.25, -0.2) is 8.42 Å². The van der Waals surface area contributed by atoms with Crippen molar-refractivity contribution in [2.45, 2.75) is 18.2 Å². The summed E-state index contributed by atoms with van der Waals surface area (Å²) in [6.45, 7) is 7.11. The number of piperazine rings is 1. The molecule has 3 rings (SSSR count). The highest BCUT2D eigenvalue weighted by molar-refractivity contribution is 7.91. The topological polar surface area (TPSA) is 95.5 Å². The molecule has 2 aromatic rings. The lowest BCUT2D eigenvalue weighted by Crippen LogP contribution is -2.48. The van der Waals surface area contributed by atoms with Crippen molar-refractivity contribution in [3.8, 4) is 0 Å². The van der Waals surface area contributed by atoms with Crippen LogP contribution in [-0.4, -0.2) is 66.5 Å². The number of rotatable bonds is 5. The lowest BCUT2D eigenvalue weighted by Gasteiger charge is -2.32. The van der Waals surface area contributed by atoms with Crippen LogP contribution < -0.4 is 5.32 Å². The van der Waals surface area contributed by atoms with Gasteiger partial charge in [-0.05, 0) is 25.6 Å². The fraction of sp³-hybridized carbons (Fsp3) is 0.438. The molecule has 140 valence electrons. The number of hydrogen-bond donors (Lipinski definition) is 1. The summed E-state index contributed by atoms with van der Waals surface area (Å²) in [5.41, 5.74) is 1.45. The first-order chi connectivity index (χ1) is 12.4. The van der Waals surface area contributed by atoms with E-state index in [1.165, 1.54) is 4.31 Å². The molecule has 0 bridgehead atoms. The standard InChI is InChI=1S/C16H21N5O3S2/c1-3-20-7-9-21(10-8-20)26(23,24)16-19-18-15(25-16)17-14(22)13-6-4-5-12(2)11-13/h4-6,11H,3,7-10H2,1-2H3,(H,17,18,22). The van der Waals surface area contributed by atoms with Crippen LogP contribution in [0.5, 0.6) is 0 Å². The van der Waals surface area contributed by atoms with Gasteiger partial charge in [0.05, 0.1) is 0 Å². The molecule has 0 unspecified atom stereocenters. The number of aromatic nitrogens is 2.